The third-order valence-electron chi connectivity index (χ3n) is 10.3. The van der Waals surface area contributed by atoms with Crippen molar-refractivity contribution in [1.82, 2.24) is 18.9 Å². The number of nitrogens with zero attached hydrogens (tertiary/aromatic N) is 5. The van der Waals surface area contributed by atoms with Crippen LogP contribution in [0.4, 0.5) is 5.69 Å². The van der Waals surface area contributed by atoms with Gasteiger partial charge in [0.2, 0.25) is 0 Å². The summed E-state index contributed by atoms with van der Waals surface area (Å²) in [5.41, 5.74) is 8.75. The van der Waals surface area contributed by atoms with E-state index in [1.165, 1.54) is 0 Å². The number of carbonyl (C=O) groups is 2. The second kappa shape index (κ2) is 13.1. The van der Waals surface area contributed by atoms with Gasteiger partial charge in [0, 0.05) is 52.4 Å². The summed E-state index contributed by atoms with van der Waals surface area (Å²) in [6, 6.07) is 15.2. The predicted octanol–water partition coefficient (Wildman–Crippen LogP) is 9.40. The highest BCUT2D eigenvalue weighted by Crippen LogP contribution is 2.46. The Bertz CT molecular complexity index is 2360. The van der Waals surface area contributed by atoms with Crippen LogP contribution in [0.1, 0.15) is 75.2 Å². The molecule has 9 nitrogen and oxygen atoms in total. The number of rotatable bonds is 9. The number of para-hydroxylation sites is 1. The second-order valence-corrected chi connectivity index (χ2v) is 14.3. The van der Waals surface area contributed by atoms with Crippen LogP contribution in [0, 0.1) is 27.7 Å². The van der Waals surface area contributed by atoms with Crippen molar-refractivity contribution in [3.8, 4) is 16.9 Å². The van der Waals surface area contributed by atoms with E-state index in [9.17, 15) is 9.90 Å². The van der Waals surface area contributed by atoms with Crippen molar-refractivity contribution in [3.63, 3.8) is 0 Å². The molecule has 0 radical (unpaired) electrons. The number of hydrogen-bond donors (Lipinski definition) is 1. The van der Waals surface area contributed by atoms with Gasteiger partial charge >= 0.3 is 5.97 Å². The monoisotopic (exact) mass is 725 g/mol. The van der Waals surface area contributed by atoms with E-state index in [4.69, 9.17) is 33.0 Å². The Morgan fingerprint density at radius 2 is 1.76 bits per heavy atom. The van der Waals surface area contributed by atoms with Crippen LogP contribution < -0.4 is 9.64 Å². The van der Waals surface area contributed by atoms with E-state index < -0.39 is 11.5 Å². The van der Waals surface area contributed by atoms with Crippen molar-refractivity contribution < 1.29 is 19.4 Å². The second-order valence-electron chi connectivity index (χ2n) is 13.5. The zero-order valence-corrected chi connectivity index (χ0v) is 31.4. The first-order valence-corrected chi connectivity index (χ1v) is 18.1. The van der Waals surface area contributed by atoms with Gasteiger partial charge in [-0.25, -0.2) is 4.79 Å². The number of alkyl halides is 1. The van der Waals surface area contributed by atoms with Gasteiger partial charge in [-0.05, 0) is 95.3 Å². The largest absolute Gasteiger partial charge is 0.494 e. The minimum Gasteiger partial charge on any atom is -0.494 e. The maximum Gasteiger partial charge on any atom is 0.337 e. The number of halogens is 2. The topological polar surface area (TPSA) is 94.5 Å². The maximum absolute atomic E-state index is 15.1. The van der Waals surface area contributed by atoms with Crippen LogP contribution in [0.3, 0.4) is 0 Å². The van der Waals surface area contributed by atoms with Gasteiger partial charge < -0.3 is 19.0 Å². The smallest absolute Gasteiger partial charge is 0.337 e. The molecular weight excluding hydrogens is 685 g/mol. The summed E-state index contributed by atoms with van der Waals surface area (Å²) in [4.78, 5) is 29.2. The number of benzene rings is 3. The Hall–Kier alpha value is -4.73. The Balaban J connectivity index is 1.40. The first kappa shape index (κ1) is 34.7. The molecule has 4 heterocycles. The lowest BCUT2D eigenvalue weighted by Crippen LogP contribution is -2.48. The molecular formula is C40H41Cl2N5O4. The SMILES string of the molecule is CCn1cc(C(=O)O)c2c(N3C(=O)c4c(CCCOc5cc(C)c(Cl)c(C)c5)c5cccc(-c6c(C)nn(C)c6C)c5n4[C@H](C)C3Cl)cccc21. The molecule has 3 aromatic heterocycles. The van der Waals surface area contributed by atoms with Crippen LogP contribution >= 0.6 is 23.2 Å². The Kier molecular flexibility index (Phi) is 8.92. The van der Waals surface area contributed by atoms with E-state index in [1.54, 1.807) is 17.2 Å². The van der Waals surface area contributed by atoms with Gasteiger partial charge in [0.1, 0.15) is 16.9 Å². The van der Waals surface area contributed by atoms with Crippen LogP contribution in [0.25, 0.3) is 32.9 Å². The number of carbonyl (C=O) groups excluding carboxylic acids is 1. The summed E-state index contributed by atoms with van der Waals surface area (Å²) in [6.07, 6.45) is 2.84. The van der Waals surface area contributed by atoms with Crippen molar-refractivity contribution in [2.45, 2.75) is 72.5 Å². The number of hydrogen-bond acceptors (Lipinski definition) is 4. The molecule has 264 valence electrons. The van der Waals surface area contributed by atoms with Gasteiger partial charge in [-0.3, -0.25) is 14.4 Å². The van der Waals surface area contributed by atoms with Crippen LogP contribution in [-0.2, 0) is 20.0 Å². The van der Waals surface area contributed by atoms with Gasteiger partial charge in [-0.15, -0.1) is 0 Å². The number of carboxylic acid groups (broad SMARTS) is 1. The molecule has 0 spiro atoms. The molecule has 6 aromatic rings. The third-order valence-corrected chi connectivity index (χ3v) is 11.5. The molecule has 11 heteroatoms. The summed E-state index contributed by atoms with van der Waals surface area (Å²) in [6.45, 7) is 13.0. The minimum atomic E-state index is -1.06. The van der Waals surface area contributed by atoms with Gasteiger partial charge in [0.15, 0.2) is 0 Å². The van der Waals surface area contributed by atoms with E-state index in [1.807, 2.05) is 81.2 Å². The molecule has 1 aliphatic heterocycles. The fourth-order valence-electron chi connectivity index (χ4n) is 7.88. The molecule has 1 aliphatic rings. The molecule has 0 saturated heterocycles. The molecule has 51 heavy (non-hydrogen) atoms. The highest BCUT2D eigenvalue weighted by Gasteiger charge is 2.42. The molecule has 0 fully saturated rings. The zero-order chi connectivity index (χ0) is 36.5. The summed E-state index contributed by atoms with van der Waals surface area (Å²) in [5.74, 6) is -0.580. The quantitative estimate of drug-likeness (QED) is 0.0911. The van der Waals surface area contributed by atoms with Crippen molar-refractivity contribution in [1.29, 1.82) is 0 Å². The summed E-state index contributed by atoms with van der Waals surface area (Å²) >= 11 is 13.8. The van der Waals surface area contributed by atoms with Crippen molar-refractivity contribution in [2.75, 3.05) is 11.5 Å². The van der Waals surface area contributed by atoms with Gasteiger partial charge in [0.25, 0.3) is 5.91 Å². The summed E-state index contributed by atoms with van der Waals surface area (Å²) in [7, 11) is 1.94. The van der Waals surface area contributed by atoms with Crippen LogP contribution in [-0.4, -0.2) is 48.0 Å². The van der Waals surface area contributed by atoms with E-state index in [0.717, 1.165) is 66.4 Å². The maximum atomic E-state index is 15.1. The first-order chi connectivity index (χ1) is 24.3. The Morgan fingerprint density at radius 3 is 2.41 bits per heavy atom. The molecule has 1 unspecified atom stereocenters. The predicted molar refractivity (Wildman–Crippen MR) is 204 cm³/mol. The zero-order valence-electron chi connectivity index (χ0n) is 29.8. The fraction of sp³-hybridized carbons (Fsp3) is 0.325. The average molecular weight is 727 g/mol. The third kappa shape index (κ3) is 5.49. The molecule has 0 saturated carbocycles. The molecule has 1 amide bonds. The van der Waals surface area contributed by atoms with Crippen LogP contribution in [0.15, 0.2) is 54.7 Å². The van der Waals surface area contributed by atoms with Crippen molar-refractivity contribution in [2.24, 2.45) is 7.05 Å². The standard InChI is InChI=1S/C40H41Cl2N5O4/c1-8-45-20-30(40(49)50)34-31(45)15-10-16-32(34)47-38(42)25(6)46-36-27(12-9-13-29(36)33-23(4)43-44(7)24(33)5)28(37(46)39(47)48)14-11-17-51-26-18-21(2)35(41)22(3)19-26/h9-10,12-13,15-16,18-20,25,38H,8,11,14,17H2,1-7H3,(H,49,50)/t25-,38?/m1/s1. The molecule has 3 aromatic carbocycles. The number of carboxylic acids is 1. The molecule has 1 N–H and O–H groups in total. The lowest BCUT2D eigenvalue weighted by Gasteiger charge is -2.39. The highest BCUT2D eigenvalue weighted by molar-refractivity contribution is 6.32. The number of ether oxygens (including phenoxy) is 1. The number of anilines is 1. The van der Waals surface area contributed by atoms with E-state index >= 15 is 4.79 Å². The van der Waals surface area contributed by atoms with Crippen molar-refractivity contribution in [3.05, 3.63) is 99.1 Å². The van der Waals surface area contributed by atoms with E-state index in [-0.39, 0.29) is 17.5 Å². The van der Waals surface area contributed by atoms with Crippen LogP contribution in [0.5, 0.6) is 5.75 Å². The van der Waals surface area contributed by atoms with Crippen molar-refractivity contribution >= 4 is 62.6 Å². The van der Waals surface area contributed by atoms with Gasteiger partial charge in [0.05, 0.1) is 40.6 Å². The molecule has 0 bridgehead atoms. The highest BCUT2D eigenvalue weighted by atomic mass is 35.5. The number of aromatic carboxylic acids is 1. The Morgan fingerprint density at radius 1 is 1.06 bits per heavy atom. The van der Waals surface area contributed by atoms with Crippen LogP contribution in [0.2, 0.25) is 5.02 Å². The van der Waals surface area contributed by atoms with E-state index in [0.29, 0.717) is 42.8 Å². The molecule has 7 rings (SSSR count). The molecule has 2 atom stereocenters. The lowest BCUT2D eigenvalue weighted by atomic mass is 9.98. The Labute approximate surface area is 306 Å². The first-order valence-electron chi connectivity index (χ1n) is 17.2. The summed E-state index contributed by atoms with van der Waals surface area (Å²) in [5, 5.41) is 17.2. The minimum absolute atomic E-state index is 0.132. The lowest BCUT2D eigenvalue weighted by molar-refractivity contribution is 0.0698. The average Bonchev–Trinajstić information content (AvgIpc) is 3.73. The van der Waals surface area contributed by atoms with Gasteiger partial charge in [-0.2, -0.15) is 5.10 Å². The normalized spacial score (nSPS) is 16.0. The number of aromatic nitrogens is 4. The number of fused-ring (bicyclic) bond motifs is 4. The van der Waals surface area contributed by atoms with E-state index in [2.05, 4.69) is 23.6 Å². The number of amides is 1. The summed E-state index contributed by atoms with van der Waals surface area (Å²) < 4.78 is 12.1. The number of aryl methyl sites for hydroxylation is 6. The molecule has 0 aliphatic carbocycles. The fourth-order valence-corrected chi connectivity index (χ4v) is 8.30. The van der Waals surface area contributed by atoms with Gasteiger partial charge in [-0.1, -0.05) is 47.5 Å².